The van der Waals surface area contributed by atoms with E-state index in [4.69, 9.17) is 5.84 Å². The second-order valence-electron chi connectivity index (χ2n) is 4.70. The van der Waals surface area contributed by atoms with Crippen LogP contribution in [0.15, 0.2) is 23.4 Å². The highest BCUT2D eigenvalue weighted by Crippen LogP contribution is 2.18. The minimum Gasteiger partial charge on any atom is -0.321 e. The number of nitrogens with one attached hydrogen (secondary N) is 2. The molecule has 1 aliphatic heterocycles. The molecule has 0 amide bonds. The molecule has 1 fully saturated rings. The smallest absolute Gasteiger partial charge is 0.260 e. The maximum atomic E-state index is 12.3. The van der Waals surface area contributed by atoms with Crippen molar-refractivity contribution in [2.24, 2.45) is 5.84 Å². The van der Waals surface area contributed by atoms with Crippen molar-refractivity contribution >= 4 is 15.7 Å². The molecule has 2 heterocycles. The SMILES string of the molecule is CN1CCC(NS(=O)(=O)c2ncccc2NN)CC1. The van der Waals surface area contributed by atoms with E-state index in [1.54, 1.807) is 12.1 Å². The zero-order valence-electron chi connectivity index (χ0n) is 10.8. The summed E-state index contributed by atoms with van der Waals surface area (Å²) in [5.74, 6) is 5.31. The van der Waals surface area contributed by atoms with Crippen LogP contribution in [-0.4, -0.2) is 44.5 Å². The zero-order chi connectivity index (χ0) is 13.9. The zero-order valence-corrected chi connectivity index (χ0v) is 11.7. The van der Waals surface area contributed by atoms with E-state index >= 15 is 0 Å². The average Bonchev–Trinajstić information content (AvgIpc) is 2.41. The quantitative estimate of drug-likeness (QED) is 0.520. The molecule has 0 bridgehead atoms. The summed E-state index contributed by atoms with van der Waals surface area (Å²) in [5.41, 5.74) is 2.65. The molecule has 8 heteroatoms. The normalized spacial score (nSPS) is 18.4. The first-order valence-corrected chi connectivity index (χ1v) is 7.64. The third-order valence-corrected chi connectivity index (χ3v) is 4.70. The fourth-order valence-electron chi connectivity index (χ4n) is 2.12. The number of nitrogens with two attached hydrogens (primary N) is 1. The lowest BCUT2D eigenvalue weighted by molar-refractivity contribution is 0.248. The number of hydrogen-bond donors (Lipinski definition) is 3. The molecular weight excluding hydrogens is 266 g/mol. The van der Waals surface area contributed by atoms with Gasteiger partial charge in [-0.15, -0.1) is 0 Å². The molecule has 19 heavy (non-hydrogen) atoms. The van der Waals surface area contributed by atoms with Gasteiger partial charge < -0.3 is 10.3 Å². The number of nitrogens with zero attached hydrogens (tertiary/aromatic N) is 2. The van der Waals surface area contributed by atoms with Crippen LogP contribution in [0.5, 0.6) is 0 Å². The van der Waals surface area contributed by atoms with E-state index in [2.05, 4.69) is 20.0 Å². The van der Waals surface area contributed by atoms with Crippen LogP contribution >= 0.6 is 0 Å². The van der Waals surface area contributed by atoms with Gasteiger partial charge >= 0.3 is 0 Å². The Bertz CT molecular complexity index is 526. The van der Waals surface area contributed by atoms with Crippen LogP contribution in [0.1, 0.15) is 12.8 Å². The predicted molar refractivity (Wildman–Crippen MR) is 72.9 cm³/mol. The summed E-state index contributed by atoms with van der Waals surface area (Å²) >= 11 is 0. The summed E-state index contributed by atoms with van der Waals surface area (Å²) in [6.07, 6.45) is 3.03. The van der Waals surface area contributed by atoms with E-state index in [0.29, 0.717) is 5.69 Å². The Kier molecular flexibility index (Phi) is 4.35. The first-order valence-electron chi connectivity index (χ1n) is 6.15. The average molecular weight is 285 g/mol. The van der Waals surface area contributed by atoms with Crippen LogP contribution in [0.3, 0.4) is 0 Å². The number of sulfonamides is 1. The van der Waals surface area contributed by atoms with Crippen LogP contribution in [0.2, 0.25) is 0 Å². The molecule has 2 rings (SSSR count). The molecular formula is C11H19N5O2S. The number of pyridine rings is 1. The molecule has 0 saturated carbocycles. The molecule has 1 aliphatic rings. The molecule has 1 aromatic rings. The van der Waals surface area contributed by atoms with E-state index < -0.39 is 10.0 Å². The molecule has 0 atom stereocenters. The van der Waals surface area contributed by atoms with Crippen molar-refractivity contribution in [3.05, 3.63) is 18.3 Å². The standard InChI is InChI=1S/C11H19N5O2S/c1-16-7-4-9(5-8-16)15-19(17,18)11-10(14-12)3-2-6-13-11/h2-3,6,9,14-15H,4-5,7-8,12H2,1H3. The number of hydrazine groups is 1. The second kappa shape index (κ2) is 5.83. The Hall–Kier alpha value is -1.22. The number of rotatable bonds is 4. The van der Waals surface area contributed by atoms with Gasteiger partial charge in [-0.3, -0.25) is 5.84 Å². The molecule has 1 saturated heterocycles. The fraction of sp³-hybridized carbons (Fsp3) is 0.545. The predicted octanol–water partition coefficient (Wildman–Crippen LogP) is -0.260. The largest absolute Gasteiger partial charge is 0.321 e. The topological polar surface area (TPSA) is 100 Å². The summed E-state index contributed by atoms with van der Waals surface area (Å²) in [6, 6.07) is 3.16. The van der Waals surface area contributed by atoms with Crippen molar-refractivity contribution in [1.82, 2.24) is 14.6 Å². The highest BCUT2D eigenvalue weighted by atomic mass is 32.2. The third kappa shape index (κ3) is 3.41. The summed E-state index contributed by atoms with van der Waals surface area (Å²) in [6.45, 7) is 1.77. The molecule has 4 N–H and O–H groups in total. The number of hydrogen-bond acceptors (Lipinski definition) is 6. The van der Waals surface area contributed by atoms with Gasteiger partial charge in [0.1, 0.15) is 0 Å². The van der Waals surface area contributed by atoms with Crippen LogP contribution < -0.4 is 16.0 Å². The van der Waals surface area contributed by atoms with E-state index in [1.165, 1.54) is 6.20 Å². The monoisotopic (exact) mass is 285 g/mol. The minimum absolute atomic E-state index is 0.0474. The van der Waals surface area contributed by atoms with Gasteiger partial charge in [-0.2, -0.15) is 0 Å². The van der Waals surface area contributed by atoms with Crippen LogP contribution in [-0.2, 0) is 10.0 Å². The van der Waals surface area contributed by atoms with E-state index in [0.717, 1.165) is 25.9 Å². The lowest BCUT2D eigenvalue weighted by Gasteiger charge is -2.29. The van der Waals surface area contributed by atoms with E-state index in [1.807, 2.05) is 7.05 Å². The van der Waals surface area contributed by atoms with Crippen molar-refractivity contribution in [3.63, 3.8) is 0 Å². The first-order chi connectivity index (χ1) is 9.03. The Balaban J connectivity index is 2.14. The van der Waals surface area contributed by atoms with Gasteiger partial charge in [-0.1, -0.05) is 0 Å². The Morgan fingerprint density at radius 3 is 2.74 bits per heavy atom. The molecule has 0 aliphatic carbocycles. The van der Waals surface area contributed by atoms with E-state index in [9.17, 15) is 8.42 Å². The number of anilines is 1. The first kappa shape index (κ1) is 14.2. The van der Waals surface area contributed by atoms with Crippen LogP contribution in [0.4, 0.5) is 5.69 Å². The van der Waals surface area contributed by atoms with E-state index in [-0.39, 0.29) is 11.1 Å². The van der Waals surface area contributed by atoms with Gasteiger partial charge in [0, 0.05) is 12.2 Å². The highest BCUT2D eigenvalue weighted by molar-refractivity contribution is 7.89. The Morgan fingerprint density at radius 2 is 2.11 bits per heavy atom. The van der Waals surface area contributed by atoms with Crippen molar-refractivity contribution in [2.45, 2.75) is 23.9 Å². The number of likely N-dealkylation sites (tertiary alicyclic amines) is 1. The number of aromatic nitrogens is 1. The lowest BCUT2D eigenvalue weighted by atomic mass is 10.1. The van der Waals surface area contributed by atoms with Gasteiger partial charge in [0.05, 0.1) is 5.69 Å². The molecule has 0 spiro atoms. The van der Waals surface area contributed by atoms with Gasteiger partial charge in [-0.05, 0) is 45.1 Å². The van der Waals surface area contributed by atoms with Gasteiger partial charge in [0.15, 0.2) is 5.03 Å². The fourth-order valence-corrected chi connectivity index (χ4v) is 3.52. The highest BCUT2D eigenvalue weighted by Gasteiger charge is 2.26. The van der Waals surface area contributed by atoms with Crippen molar-refractivity contribution in [3.8, 4) is 0 Å². The summed E-state index contributed by atoms with van der Waals surface area (Å²) in [5, 5.41) is -0.0589. The van der Waals surface area contributed by atoms with Crippen LogP contribution in [0, 0.1) is 0 Å². The molecule has 0 aromatic carbocycles. The number of nitrogen functional groups attached to an aromatic ring is 1. The molecule has 1 aromatic heterocycles. The maximum Gasteiger partial charge on any atom is 0.260 e. The number of piperidine rings is 1. The van der Waals surface area contributed by atoms with Crippen molar-refractivity contribution < 1.29 is 8.42 Å². The van der Waals surface area contributed by atoms with Gasteiger partial charge in [-0.25, -0.2) is 18.1 Å². The lowest BCUT2D eigenvalue weighted by Crippen LogP contribution is -2.43. The summed E-state index contributed by atoms with van der Waals surface area (Å²) in [7, 11) is -1.61. The second-order valence-corrected chi connectivity index (χ2v) is 6.33. The molecule has 0 unspecified atom stereocenters. The molecule has 106 valence electrons. The van der Waals surface area contributed by atoms with Crippen molar-refractivity contribution in [1.29, 1.82) is 0 Å². The summed E-state index contributed by atoms with van der Waals surface area (Å²) in [4.78, 5) is 6.08. The summed E-state index contributed by atoms with van der Waals surface area (Å²) < 4.78 is 27.3. The Morgan fingerprint density at radius 1 is 1.42 bits per heavy atom. The Labute approximate surface area is 113 Å². The van der Waals surface area contributed by atoms with Gasteiger partial charge in [0.25, 0.3) is 10.0 Å². The third-order valence-electron chi connectivity index (χ3n) is 3.22. The van der Waals surface area contributed by atoms with Gasteiger partial charge in [0.2, 0.25) is 0 Å². The minimum atomic E-state index is -3.64. The maximum absolute atomic E-state index is 12.3. The van der Waals surface area contributed by atoms with Crippen molar-refractivity contribution in [2.75, 3.05) is 25.6 Å². The molecule has 0 radical (unpaired) electrons. The van der Waals surface area contributed by atoms with Crippen LogP contribution in [0.25, 0.3) is 0 Å². The molecule has 7 nitrogen and oxygen atoms in total.